The number of benzene rings is 1. The van der Waals surface area contributed by atoms with Crippen LogP contribution in [0.3, 0.4) is 0 Å². The number of nitrogens with one attached hydrogen (secondary N) is 1. The molecule has 3 aromatic rings. The van der Waals surface area contributed by atoms with Crippen LogP contribution in [0.15, 0.2) is 36.9 Å². The van der Waals surface area contributed by atoms with Gasteiger partial charge in [-0.2, -0.15) is 5.10 Å². The van der Waals surface area contributed by atoms with Gasteiger partial charge in [0.25, 0.3) is 0 Å². The summed E-state index contributed by atoms with van der Waals surface area (Å²) in [6.07, 6.45) is 3.76. The van der Waals surface area contributed by atoms with Gasteiger partial charge in [-0.1, -0.05) is 42.5 Å². The van der Waals surface area contributed by atoms with Crippen molar-refractivity contribution in [3.63, 3.8) is 0 Å². The number of amides is 1. The zero-order valence-electron chi connectivity index (χ0n) is 13.5. The van der Waals surface area contributed by atoms with E-state index in [1.165, 1.54) is 28.8 Å². The quantitative estimate of drug-likeness (QED) is 0.743. The summed E-state index contributed by atoms with van der Waals surface area (Å²) in [5.74, 6) is -0.348. The molecule has 0 radical (unpaired) electrons. The maximum atomic E-state index is 12.2. The molecule has 0 fully saturated rings. The third kappa shape index (κ3) is 4.02. The Labute approximate surface area is 143 Å². The van der Waals surface area contributed by atoms with Crippen LogP contribution in [-0.4, -0.2) is 30.9 Å². The predicted octanol–water partition coefficient (Wildman–Crippen LogP) is 2.30. The van der Waals surface area contributed by atoms with Gasteiger partial charge in [0.05, 0.1) is 12.5 Å². The van der Waals surface area contributed by atoms with Crippen molar-refractivity contribution in [1.29, 1.82) is 0 Å². The summed E-state index contributed by atoms with van der Waals surface area (Å²) in [7, 11) is 0. The molecule has 7 nitrogen and oxygen atoms in total. The maximum absolute atomic E-state index is 12.2. The first-order valence-corrected chi connectivity index (χ1v) is 8.43. The summed E-state index contributed by atoms with van der Waals surface area (Å²) in [4.78, 5) is 16.1. The monoisotopic (exact) mass is 342 g/mol. The molecule has 2 heterocycles. The van der Waals surface area contributed by atoms with Crippen molar-refractivity contribution in [1.82, 2.24) is 25.0 Å². The van der Waals surface area contributed by atoms with E-state index in [1.54, 1.807) is 11.0 Å². The molecule has 1 atom stereocenters. The van der Waals surface area contributed by atoms with E-state index in [0.29, 0.717) is 18.1 Å². The van der Waals surface area contributed by atoms with Gasteiger partial charge in [-0.05, 0) is 18.1 Å². The molecule has 0 saturated carbocycles. The highest BCUT2D eigenvalue weighted by Crippen LogP contribution is 2.20. The fraction of sp³-hybridized carbons (Fsp3) is 0.312. The van der Waals surface area contributed by atoms with Crippen molar-refractivity contribution in [3.8, 4) is 0 Å². The number of carbonyl (C=O) groups excluding carboxylic acids is 1. The van der Waals surface area contributed by atoms with Crippen LogP contribution in [0.5, 0.6) is 0 Å². The first-order chi connectivity index (χ1) is 11.6. The van der Waals surface area contributed by atoms with E-state index >= 15 is 0 Å². The number of aryl methyl sites for hydroxylation is 1. The van der Waals surface area contributed by atoms with Crippen LogP contribution in [-0.2, 0) is 17.8 Å². The predicted molar refractivity (Wildman–Crippen MR) is 91.7 cm³/mol. The number of carbonyl (C=O) groups is 1. The average molecular weight is 342 g/mol. The molecule has 124 valence electrons. The van der Waals surface area contributed by atoms with Gasteiger partial charge in [0.15, 0.2) is 0 Å². The van der Waals surface area contributed by atoms with Gasteiger partial charge in [0.1, 0.15) is 17.7 Å². The van der Waals surface area contributed by atoms with Gasteiger partial charge in [0, 0.05) is 6.42 Å². The fourth-order valence-electron chi connectivity index (χ4n) is 2.27. The molecule has 1 aromatic carbocycles. The molecular formula is C16H18N6OS. The second-order valence-electron chi connectivity index (χ2n) is 5.61. The average Bonchev–Trinajstić information content (AvgIpc) is 3.22. The van der Waals surface area contributed by atoms with Crippen molar-refractivity contribution in [3.05, 3.63) is 53.1 Å². The standard InChI is InChI=1S/C16H18N6OS/c1-11-5-3-4-6-13(11)7-14-20-21-16(24-14)19-15(23)12(2)8-22-10-17-9-18-22/h3-6,9-10,12H,7-8H2,1-2H3,(H,19,21,23)/t12-/m1/s1. The van der Waals surface area contributed by atoms with Gasteiger partial charge in [-0.15, -0.1) is 10.2 Å². The molecule has 3 rings (SSSR count). The Morgan fingerprint density at radius 3 is 2.92 bits per heavy atom. The Morgan fingerprint density at radius 1 is 1.33 bits per heavy atom. The summed E-state index contributed by atoms with van der Waals surface area (Å²) >= 11 is 1.40. The van der Waals surface area contributed by atoms with E-state index in [-0.39, 0.29) is 11.8 Å². The zero-order chi connectivity index (χ0) is 16.9. The minimum atomic E-state index is -0.240. The molecule has 8 heteroatoms. The highest BCUT2D eigenvalue weighted by atomic mass is 32.1. The van der Waals surface area contributed by atoms with Crippen LogP contribution in [0.2, 0.25) is 0 Å². The Kier molecular flexibility index (Phi) is 4.95. The van der Waals surface area contributed by atoms with E-state index < -0.39 is 0 Å². The lowest BCUT2D eigenvalue weighted by Crippen LogP contribution is -2.24. The highest BCUT2D eigenvalue weighted by molar-refractivity contribution is 7.15. The van der Waals surface area contributed by atoms with Crippen LogP contribution >= 0.6 is 11.3 Å². The minimum absolute atomic E-state index is 0.107. The number of rotatable bonds is 6. The van der Waals surface area contributed by atoms with Crippen molar-refractivity contribution in [2.75, 3.05) is 5.32 Å². The lowest BCUT2D eigenvalue weighted by molar-refractivity contribution is -0.119. The number of nitrogens with zero attached hydrogens (tertiary/aromatic N) is 5. The molecule has 1 amide bonds. The van der Waals surface area contributed by atoms with Gasteiger partial charge in [-0.25, -0.2) is 4.98 Å². The first kappa shape index (κ1) is 16.3. The third-order valence-electron chi connectivity index (χ3n) is 3.67. The molecule has 0 saturated heterocycles. The molecule has 0 unspecified atom stereocenters. The zero-order valence-corrected chi connectivity index (χ0v) is 14.3. The van der Waals surface area contributed by atoms with Crippen molar-refractivity contribution < 1.29 is 4.79 Å². The van der Waals surface area contributed by atoms with Crippen LogP contribution < -0.4 is 5.32 Å². The summed E-state index contributed by atoms with van der Waals surface area (Å²) in [6, 6.07) is 8.18. The van der Waals surface area contributed by atoms with E-state index in [9.17, 15) is 4.79 Å². The smallest absolute Gasteiger partial charge is 0.230 e. The van der Waals surface area contributed by atoms with Crippen LogP contribution in [0.1, 0.15) is 23.1 Å². The first-order valence-electron chi connectivity index (χ1n) is 7.62. The second kappa shape index (κ2) is 7.31. The van der Waals surface area contributed by atoms with E-state index in [2.05, 4.69) is 44.7 Å². The van der Waals surface area contributed by atoms with Crippen LogP contribution in [0.4, 0.5) is 5.13 Å². The molecule has 1 N–H and O–H groups in total. The number of hydrogen-bond donors (Lipinski definition) is 1. The summed E-state index contributed by atoms with van der Waals surface area (Å²) in [5.41, 5.74) is 2.44. The normalized spacial score (nSPS) is 12.1. The van der Waals surface area contributed by atoms with Gasteiger partial charge in [-0.3, -0.25) is 9.48 Å². The van der Waals surface area contributed by atoms with Crippen molar-refractivity contribution >= 4 is 22.4 Å². The largest absolute Gasteiger partial charge is 0.300 e. The molecular weight excluding hydrogens is 324 g/mol. The highest BCUT2D eigenvalue weighted by Gasteiger charge is 2.16. The lowest BCUT2D eigenvalue weighted by atomic mass is 10.1. The summed E-state index contributed by atoms with van der Waals surface area (Å²) in [5, 5.41) is 16.5. The van der Waals surface area contributed by atoms with Gasteiger partial charge >= 0.3 is 0 Å². The third-order valence-corrected chi connectivity index (χ3v) is 4.51. The molecule has 24 heavy (non-hydrogen) atoms. The van der Waals surface area contributed by atoms with Crippen LogP contribution in [0.25, 0.3) is 0 Å². The van der Waals surface area contributed by atoms with Gasteiger partial charge in [0.2, 0.25) is 11.0 Å². The van der Waals surface area contributed by atoms with E-state index in [1.807, 2.05) is 19.1 Å². The summed E-state index contributed by atoms with van der Waals surface area (Å²) < 4.78 is 1.63. The van der Waals surface area contributed by atoms with Crippen LogP contribution in [0, 0.1) is 12.8 Å². The Balaban J connectivity index is 1.59. The molecule has 0 aliphatic heterocycles. The van der Waals surface area contributed by atoms with Crippen molar-refractivity contribution in [2.24, 2.45) is 5.92 Å². The maximum Gasteiger partial charge on any atom is 0.230 e. The van der Waals surface area contributed by atoms with Crippen molar-refractivity contribution in [2.45, 2.75) is 26.8 Å². The Hall–Kier alpha value is -2.61. The minimum Gasteiger partial charge on any atom is -0.300 e. The SMILES string of the molecule is Cc1ccccc1Cc1nnc(NC(=O)[C@H](C)Cn2cncn2)s1. The van der Waals surface area contributed by atoms with Gasteiger partial charge < -0.3 is 5.32 Å². The van der Waals surface area contributed by atoms with E-state index in [0.717, 1.165) is 5.01 Å². The van der Waals surface area contributed by atoms with E-state index in [4.69, 9.17) is 0 Å². The lowest BCUT2D eigenvalue weighted by Gasteiger charge is -2.09. The molecule has 0 aliphatic rings. The molecule has 0 bridgehead atoms. The Bertz CT molecular complexity index is 814. The fourth-order valence-corrected chi connectivity index (χ4v) is 3.03. The Morgan fingerprint density at radius 2 is 2.17 bits per heavy atom. The number of hydrogen-bond acceptors (Lipinski definition) is 6. The molecule has 2 aromatic heterocycles. The molecule has 0 aliphatic carbocycles. The topological polar surface area (TPSA) is 85.6 Å². The second-order valence-corrected chi connectivity index (χ2v) is 6.67. The number of anilines is 1. The summed E-state index contributed by atoms with van der Waals surface area (Å²) in [6.45, 7) is 4.39. The molecule has 0 spiro atoms. The number of aromatic nitrogens is 5.